The van der Waals surface area contributed by atoms with Crippen molar-refractivity contribution >= 4 is 49.8 Å². The molecule has 0 aliphatic carbocycles. The molecule has 0 saturated carbocycles. The molecule has 2 amide bonds. The predicted octanol–water partition coefficient (Wildman–Crippen LogP) is 3.86. The highest BCUT2D eigenvalue weighted by Crippen LogP contribution is 2.35. The van der Waals surface area contributed by atoms with E-state index in [4.69, 9.17) is 11.6 Å². The first-order chi connectivity index (χ1) is 13.0. The first-order valence-electron chi connectivity index (χ1n) is 8.10. The summed E-state index contributed by atoms with van der Waals surface area (Å²) in [5, 5.41) is 10.1. The number of carbonyl (C=O) groups is 1. The minimum absolute atomic E-state index is 0.0540. The normalized spacial score (nSPS) is 11.5. The number of aromatic nitrogens is 3. The van der Waals surface area contributed by atoms with Crippen molar-refractivity contribution < 1.29 is 13.2 Å². The zero-order chi connectivity index (χ0) is 20.6. The smallest absolute Gasteiger partial charge is 0.292 e. The second kappa shape index (κ2) is 7.53. The van der Waals surface area contributed by atoms with E-state index in [1.54, 1.807) is 30.8 Å². The van der Waals surface area contributed by atoms with Gasteiger partial charge in [-0.15, -0.1) is 0 Å². The number of aryl methyl sites for hydroxylation is 3. The van der Waals surface area contributed by atoms with E-state index < -0.39 is 15.9 Å². The van der Waals surface area contributed by atoms with Crippen molar-refractivity contribution in [3.8, 4) is 10.4 Å². The molecule has 3 rings (SSSR count). The quantitative estimate of drug-likeness (QED) is 0.642. The first kappa shape index (κ1) is 20.3. The number of rotatable bonds is 4. The Morgan fingerprint density at radius 2 is 1.93 bits per heavy atom. The summed E-state index contributed by atoms with van der Waals surface area (Å²) in [4.78, 5) is 17.4. The Hall–Kier alpha value is -2.43. The third kappa shape index (κ3) is 4.34. The van der Waals surface area contributed by atoms with Crippen LogP contribution in [-0.4, -0.2) is 35.5 Å². The van der Waals surface area contributed by atoms with E-state index in [0.29, 0.717) is 22.2 Å². The Morgan fingerprint density at radius 1 is 1.21 bits per heavy atom. The Bertz CT molecular complexity index is 1170. The van der Waals surface area contributed by atoms with Crippen LogP contribution in [0.2, 0.25) is 5.02 Å². The van der Waals surface area contributed by atoms with Crippen molar-refractivity contribution in [3.63, 3.8) is 0 Å². The summed E-state index contributed by atoms with van der Waals surface area (Å²) < 4.78 is 25.4. The second-order valence-electron chi connectivity index (χ2n) is 6.22. The van der Waals surface area contributed by atoms with Crippen LogP contribution >= 0.6 is 22.9 Å². The molecule has 2 heterocycles. The molecule has 0 spiro atoms. The lowest BCUT2D eigenvalue weighted by Gasteiger charge is -2.05. The molecular weight excluding hydrogens is 422 g/mol. The minimum Gasteiger partial charge on any atom is -0.292 e. The molecule has 0 aliphatic rings. The number of hydrogen-bond donors (Lipinski definition) is 2. The molecular formula is C17H18ClN5O3S2. The molecule has 11 heteroatoms. The van der Waals surface area contributed by atoms with Gasteiger partial charge in [-0.1, -0.05) is 29.0 Å². The third-order valence-electron chi connectivity index (χ3n) is 3.85. The molecule has 2 N–H and O–H groups in total. The molecule has 0 bridgehead atoms. The number of nitrogens with zero attached hydrogens (tertiary/aromatic N) is 3. The topological polar surface area (TPSA) is 106 Å². The molecule has 0 saturated heterocycles. The number of sulfone groups is 1. The van der Waals surface area contributed by atoms with E-state index in [2.05, 4.69) is 20.7 Å². The van der Waals surface area contributed by atoms with Crippen LogP contribution in [-0.2, 0) is 16.9 Å². The van der Waals surface area contributed by atoms with Crippen molar-refractivity contribution in [2.75, 3.05) is 16.9 Å². The molecule has 148 valence electrons. The number of amides is 2. The molecule has 8 nitrogen and oxygen atoms in total. The van der Waals surface area contributed by atoms with Crippen LogP contribution in [0.1, 0.15) is 11.4 Å². The number of carbonyl (C=O) groups excluding carboxylic acids is 1. The van der Waals surface area contributed by atoms with Gasteiger partial charge < -0.3 is 0 Å². The number of nitrogens with one attached hydrogen (secondary N) is 2. The van der Waals surface area contributed by atoms with Gasteiger partial charge in [0.05, 0.1) is 26.2 Å². The number of thiazole rings is 1. The van der Waals surface area contributed by atoms with E-state index >= 15 is 0 Å². The van der Waals surface area contributed by atoms with Crippen molar-refractivity contribution in [1.82, 2.24) is 14.8 Å². The average molecular weight is 440 g/mol. The summed E-state index contributed by atoms with van der Waals surface area (Å²) in [6, 6.07) is 6.08. The fraction of sp³-hybridized carbons (Fsp3) is 0.235. The van der Waals surface area contributed by atoms with Gasteiger partial charge in [-0.2, -0.15) is 5.10 Å². The number of benzene rings is 1. The van der Waals surface area contributed by atoms with Gasteiger partial charge in [0.25, 0.3) is 0 Å². The van der Waals surface area contributed by atoms with Crippen LogP contribution in [0.15, 0.2) is 29.2 Å². The summed E-state index contributed by atoms with van der Waals surface area (Å²) in [7, 11) is -1.73. The maximum absolute atomic E-state index is 12.2. The van der Waals surface area contributed by atoms with Crippen LogP contribution in [0.4, 0.5) is 15.7 Å². The summed E-state index contributed by atoms with van der Waals surface area (Å²) in [5.41, 5.74) is 2.11. The molecule has 1 aromatic carbocycles. The van der Waals surface area contributed by atoms with Crippen LogP contribution in [0.5, 0.6) is 0 Å². The highest BCUT2D eigenvalue weighted by molar-refractivity contribution is 7.90. The van der Waals surface area contributed by atoms with Crippen molar-refractivity contribution in [1.29, 1.82) is 0 Å². The number of halogens is 1. The minimum atomic E-state index is -3.46. The fourth-order valence-electron chi connectivity index (χ4n) is 2.62. The number of urea groups is 1. The Kier molecular flexibility index (Phi) is 5.46. The fourth-order valence-corrected chi connectivity index (χ4v) is 4.88. The summed E-state index contributed by atoms with van der Waals surface area (Å²) in [5.74, 6) is 0.555. The Labute approximate surface area is 171 Å². The van der Waals surface area contributed by atoms with Crippen molar-refractivity contribution in [2.24, 2.45) is 7.05 Å². The lowest BCUT2D eigenvalue weighted by atomic mass is 10.2. The molecule has 0 aliphatic heterocycles. The highest BCUT2D eigenvalue weighted by atomic mass is 35.5. The number of hydrogen-bond acceptors (Lipinski definition) is 6. The summed E-state index contributed by atoms with van der Waals surface area (Å²) >= 11 is 7.25. The molecule has 0 radical (unpaired) electrons. The molecule has 0 fully saturated rings. The lowest BCUT2D eigenvalue weighted by Crippen LogP contribution is -2.20. The Balaban J connectivity index is 1.84. The molecule has 2 aromatic heterocycles. The maximum atomic E-state index is 12.2. The van der Waals surface area contributed by atoms with Gasteiger partial charge in [0.1, 0.15) is 5.82 Å². The van der Waals surface area contributed by atoms with Crippen LogP contribution in [0, 0.1) is 13.8 Å². The van der Waals surface area contributed by atoms with Crippen LogP contribution in [0.3, 0.4) is 0 Å². The highest BCUT2D eigenvalue weighted by Gasteiger charge is 2.17. The van der Waals surface area contributed by atoms with E-state index in [-0.39, 0.29) is 9.92 Å². The zero-order valence-electron chi connectivity index (χ0n) is 15.6. The molecule has 0 unspecified atom stereocenters. The van der Waals surface area contributed by atoms with Crippen LogP contribution < -0.4 is 10.6 Å². The van der Waals surface area contributed by atoms with E-state index in [1.807, 2.05) is 6.92 Å². The molecule has 0 atom stereocenters. The average Bonchev–Trinajstić information content (AvgIpc) is 3.08. The van der Waals surface area contributed by atoms with E-state index in [9.17, 15) is 13.2 Å². The SMILES string of the molecule is Cc1cc(NC(=O)Nc2nc(C)c(-c3ccc(Cl)c(S(C)(=O)=O)c3)s2)n(C)n1. The van der Waals surface area contributed by atoms with Gasteiger partial charge in [0.2, 0.25) is 0 Å². The zero-order valence-corrected chi connectivity index (χ0v) is 18.0. The second-order valence-corrected chi connectivity index (χ2v) is 9.62. The summed E-state index contributed by atoms with van der Waals surface area (Å²) in [6.07, 6.45) is 1.11. The van der Waals surface area contributed by atoms with E-state index in [1.165, 1.54) is 23.5 Å². The molecule has 3 aromatic rings. The first-order valence-corrected chi connectivity index (χ1v) is 11.2. The molecule has 28 heavy (non-hydrogen) atoms. The largest absolute Gasteiger partial charge is 0.326 e. The van der Waals surface area contributed by atoms with E-state index in [0.717, 1.165) is 16.8 Å². The van der Waals surface area contributed by atoms with Gasteiger partial charge in [0, 0.05) is 19.4 Å². The van der Waals surface area contributed by atoms with Gasteiger partial charge in [0.15, 0.2) is 15.0 Å². The van der Waals surface area contributed by atoms with Gasteiger partial charge in [-0.05, 0) is 31.5 Å². The van der Waals surface area contributed by atoms with Crippen molar-refractivity contribution in [2.45, 2.75) is 18.7 Å². The third-order valence-corrected chi connectivity index (χ3v) is 6.55. The standard InChI is InChI=1S/C17H18ClN5O3S2/c1-9-7-14(23(3)22-9)20-16(24)21-17-19-10(2)15(27-17)11-5-6-12(18)13(8-11)28(4,25)26/h5-8H,1-4H3,(H2,19,20,21,24). The number of anilines is 2. The lowest BCUT2D eigenvalue weighted by molar-refractivity contribution is 0.262. The van der Waals surface area contributed by atoms with Gasteiger partial charge in [-0.3, -0.25) is 15.3 Å². The van der Waals surface area contributed by atoms with Crippen LogP contribution in [0.25, 0.3) is 10.4 Å². The maximum Gasteiger partial charge on any atom is 0.326 e. The van der Waals surface area contributed by atoms with Crippen molar-refractivity contribution in [3.05, 3.63) is 40.7 Å². The van der Waals surface area contributed by atoms with Gasteiger partial charge in [-0.25, -0.2) is 18.2 Å². The monoisotopic (exact) mass is 439 g/mol. The Morgan fingerprint density at radius 3 is 2.54 bits per heavy atom. The predicted molar refractivity (Wildman–Crippen MR) is 111 cm³/mol. The summed E-state index contributed by atoms with van der Waals surface area (Å²) in [6.45, 7) is 3.62. The van der Waals surface area contributed by atoms with Gasteiger partial charge >= 0.3 is 6.03 Å².